The summed E-state index contributed by atoms with van der Waals surface area (Å²) < 4.78 is 6.29. The molecule has 1 N–H and O–H groups in total. The zero-order chi connectivity index (χ0) is 17.4. The van der Waals surface area contributed by atoms with Gasteiger partial charge in [0.2, 0.25) is 0 Å². The number of hydrogen-bond donors (Lipinski definition) is 1. The largest absolute Gasteiger partial charge is 0.369 e. The molecule has 2 nitrogen and oxygen atoms in total. The highest BCUT2D eigenvalue weighted by Gasteiger charge is 2.53. The zero-order valence-electron chi connectivity index (χ0n) is 15.4. The van der Waals surface area contributed by atoms with Crippen LogP contribution in [0, 0.1) is 5.92 Å². The average Bonchev–Trinajstić information content (AvgIpc) is 3.06. The van der Waals surface area contributed by atoms with Gasteiger partial charge in [-0.3, -0.25) is 0 Å². The van der Waals surface area contributed by atoms with Crippen molar-refractivity contribution in [2.45, 2.75) is 37.3 Å². The quantitative estimate of drug-likeness (QED) is 0.701. The van der Waals surface area contributed by atoms with E-state index in [2.05, 4.69) is 64.6 Å². The Bertz CT molecular complexity index is 821. The Morgan fingerprint density at radius 1 is 1.15 bits per heavy atom. The lowest BCUT2D eigenvalue weighted by molar-refractivity contribution is 0.0460. The van der Waals surface area contributed by atoms with Gasteiger partial charge in [-0.25, -0.2) is 0 Å². The molecule has 1 aliphatic heterocycles. The first-order chi connectivity index (χ1) is 12.8. The minimum absolute atomic E-state index is 0. The van der Waals surface area contributed by atoms with Crippen molar-refractivity contribution in [1.29, 1.82) is 0 Å². The molecular weight excluding hydrogens is 374 g/mol. The third kappa shape index (κ3) is 4.07. The van der Waals surface area contributed by atoms with E-state index >= 15 is 0 Å². The van der Waals surface area contributed by atoms with Crippen molar-refractivity contribution in [3.63, 3.8) is 0 Å². The Morgan fingerprint density at radius 2 is 2.04 bits per heavy atom. The number of fused-ring (bicyclic) bond motifs is 1. The first-order valence-electron chi connectivity index (χ1n) is 9.70. The lowest BCUT2D eigenvalue weighted by atomic mass is 9.97. The Labute approximate surface area is 171 Å². The van der Waals surface area contributed by atoms with Gasteiger partial charge in [0.05, 0.1) is 12.2 Å². The van der Waals surface area contributed by atoms with Crippen molar-refractivity contribution < 1.29 is 4.74 Å². The van der Waals surface area contributed by atoms with Gasteiger partial charge in [-0.2, -0.15) is 11.3 Å². The number of hydrogen-bond acceptors (Lipinski definition) is 3. The molecule has 1 aromatic heterocycles. The number of rotatable bonds is 6. The Hall–Kier alpha value is -1.39. The van der Waals surface area contributed by atoms with Gasteiger partial charge in [-0.15, -0.1) is 12.4 Å². The van der Waals surface area contributed by atoms with Crippen molar-refractivity contribution in [3.05, 3.63) is 70.5 Å². The van der Waals surface area contributed by atoms with Crippen molar-refractivity contribution in [2.75, 3.05) is 13.2 Å². The molecule has 2 heterocycles. The molecule has 1 saturated heterocycles. The van der Waals surface area contributed by atoms with E-state index in [0.29, 0.717) is 12.0 Å². The summed E-state index contributed by atoms with van der Waals surface area (Å²) in [6.45, 7) is 2.00. The molecule has 3 aliphatic rings. The zero-order valence-corrected chi connectivity index (χ0v) is 17.0. The second-order valence-corrected chi connectivity index (χ2v) is 8.61. The maximum atomic E-state index is 6.29. The topological polar surface area (TPSA) is 21.3 Å². The summed E-state index contributed by atoms with van der Waals surface area (Å²) in [6, 6.07) is 11.7. The molecule has 0 radical (unpaired) electrons. The Balaban J connectivity index is 0.00000180. The predicted molar refractivity (Wildman–Crippen MR) is 116 cm³/mol. The minimum Gasteiger partial charge on any atom is -0.369 e. The van der Waals surface area contributed by atoms with E-state index in [0.717, 1.165) is 26.0 Å². The number of thiophene rings is 1. The van der Waals surface area contributed by atoms with Crippen LogP contribution < -0.4 is 5.32 Å². The van der Waals surface area contributed by atoms with Gasteiger partial charge in [0, 0.05) is 12.0 Å². The molecule has 142 valence electrons. The Morgan fingerprint density at radius 3 is 2.74 bits per heavy atom. The molecule has 0 bridgehead atoms. The molecule has 2 unspecified atom stereocenters. The minimum atomic E-state index is 0. The third-order valence-corrected chi connectivity index (χ3v) is 6.62. The fraction of sp³-hybridized carbons (Fsp3) is 0.391. The molecule has 0 spiro atoms. The van der Waals surface area contributed by atoms with Crippen LogP contribution in [0.1, 0.15) is 24.8 Å². The van der Waals surface area contributed by atoms with E-state index in [9.17, 15) is 0 Å². The molecule has 2 aromatic rings. The van der Waals surface area contributed by atoms with E-state index in [4.69, 9.17) is 4.74 Å². The number of benzene rings is 1. The highest BCUT2D eigenvalue weighted by Crippen LogP contribution is 2.52. The van der Waals surface area contributed by atoms with Crippen LogP contribution in [0.4, 0.5) is 0 Å². The maximum absolute atomic E-state index is 6.29. The normalized spacial score (nSPS) is 28.4. The monoisotopic (exact) mass is 399 g/mol. The molecule has 1 aromatic carbocycles. The predicted octanol–water partition coefficient (Wildman–Crippen LogP) is 5.40. The summed E-state index contributed by atoms with van der Waals surface area (Å²) in [6.07, 6.45) is 11.8. The Kier molecular flexibility index (Phi) is 5.56. The van der Waals surface area contributed by atoms with Gasteiger partial charge in [0.15, 0.2) is 0 Å². The van der Waals surface area contributed by atoms with Crippen LogP contribution in [0.3, 0.4) is 0 Å². The molecule has 4 heteroatoms. The summed E-state index contributed by atoms with van der Waals surface area (Å²) in [5.41, 5.74) is 5.43. The van der Waals surface area contributed by atoms with Crippen LogP contribution in [-0.2, 0) is 11.2 Å². The summed E-state index contributed by atoms with van der Waals surface area (Å²) in [5.74, 6) is 0.578. The summed E-state index contributed by atoms with van der Waals surface area (Å²) in [5, 5.41) is 7.86. The second-order valence-electron chi connectivity index (χ2n) is 7.83. The standard InChI is InChI=1S/C23H25NOS.ClH/c1-2-22(24-10-1)15-25-23-9-7-18(13-21(23)14-23)12-17-3-5-19(6-4-17)20-8-11-26-16-20;/h3-9,11,13,16,21-22,24H,1-2,10,12,14-15H2;1H/t21?,22-,23?;/m0./s1. The molecule has 2 fully saturated rings. The number of allylic oxidation sites excluding steroid dienone is 2. The van der Waals surface area contributed by atoms with Crippen LogP contribution in [0.25, 0.3) is 11.1 Å². The number of halogens is 1. The SMILES string of the molecule is C1=CC2(OC[C@@H]3CCCN3)CC2C=C1Cc1ccc(-c2ccsc2)cc1.Cl. The maximum Gasteiger partial charge on any atom is 0.0936 e. The van der Waals surface area contributed by atoms with E-state index in [-0.39, 0.29) is 18.0 Å². The van der Waals surface area contributed by atoms with Gasteiger partial charge < -0.3 is 10.1 Å². The van der Waals surface area contributed by atoms with E-state index in [1.165, 1.54) is 35.1 Å². The van der Waals surface area contributed by atoms with Gasteiger partial charge >= 0.3 is 0 Å². The van der Waals surface area contributed by atoms with Gasteiger partial charge in [0.1, 0.15) is 0 Å². The van der Waals surface area contributed by atoms with Crippen LogP contribution in [0.15, 0.2) is 64.9 Å². The van der Waals surface area contributed by atoms with Crippen LogP contribution in [0.2, 0.25) is 0 Å². The average molecular weight is 400 g/mol. The lowest BCUT2D eigenvalue weighted by Crippen LogP contribution is -2.30. The molecule has 5 rings (SSSR count). The van der Waals surface area contributed by atoms with Crippen LogP contribution in [0.5, 0.6) is 0 Å². The number of nitrogens with one attached hydrogen (secondary N) is 1. The second kappa shape index (κ2) is 7.92. The molecule has 1 saturated carbocycles. The van der Waals surface area contributed by atoms with E-state index < -0.39 is 0 Å². The van der Waals surface area contributed by atoms with Gasteiger partial charge in [-0.05, 0) is 71.3 Å². The summed E-state index contributed by atoms with van der Waals surface area (Å²) in [4.78, 5) is 0. The van der Waals surface area contributed by atoms with E-state index in [1.54, 1.807) is 11.3 Å². The smallest absolute Gasteiger partial charge is 0.0936 e. The highest BCUT2D eigenvalue weighted by atomic mass is 35.5. The summed E-state index contributed by atoms with van der Waals surface area (Å²) in [7, 11) is 0. The highest BCUT2D eigenvalue weighted by molar-refractivity contribution is 7.08. The van der Waals surface area contributed by atoms with Gasteiger partial charge in [0.25, 0.3) is 0 Å². The molecule has 2 aliphatic carbocycles. The van der Waals surface area contributed by atoms with E-state index in [1.807, 2.05) is 0 Å². The molecule has 27 heavy (non-hydrogen) atoms. The van der Waals surface area contributed by atoms with Crippen molar-refractivity contribution in [1.82, 2.24) is 5.32 Å². The van der Waals surface area contributed by atoms with Crippen LogP contribution in [-0.4, -0.2) is 24.8 Å². The molecule has 3 atom stereocenters. The van der Waals surface area contributed by atoms with Crippen molar-refractivity contribution in [2.24, 2.45) is 5.92 Å². The first kappa shape index (κ1) is 18.9. The van der Waals surface area contributed by atoms with Gasteiger partial charge in [-0.1, -0.05) is 42.5 Å². The fourth-order valence-corrected chi connectivity index (χ4v) is 4.87. The van der Waals surface area contributed by atoms with Crippen molar-refractivity contribution >= 4 is 23.7 Å². The third-order valence-electron chi connectivity index (χ3n) is 5.93. The first-order valence-corrected chi connectivity index (χ1v) is 10.6. The van der Waals surface area contributed by atoms with Crippen LogP contribution >= 0.6 is 23.7 Å². The lowest BCUT2D eigenvalue weighted by Gasteiger charge is -2.20. The molecular formula is C23H26ClNOS. The molecule has 0 amide bonds. The fourth-order valence-electron chi connectivity index (χ4n) is 4.20. The van der Waals surface area contributed by atoms with Crippen molar-refractivity contribution in [3.8, 4) is 11.1 Å². The number of ether oxygens (including phenoxy) is 1. The summed E-state index contributed by atoms with van der Waals surface area (Å²) >= 11 is 1.75.